The Morgan fingerprint density at radius 1 is 1.04 bits per heavy atom. The highest BCUT2D eigenvalue weighted by molar-refractivity contribution is 9.10. The molecule has 0 atom stereocenters. The second-order valence-electron chi connectivity index (χ2n) is 6.24. The fraction of sp³-hybridized carbons (Fsp3) is 0.250. The van der Waals surface area contributed by atoms with E-state index in [1.54, 1.807) is 36.4 Å². The maximum atomic E-state index is 12.3. The molecule has 0 saturated heterocycles. The molecule has 5 N–H and O–H groups in total. The van der Waals surface area contributed by atoms with Crippen LogP contribution < -0.4 is 21.7 Å². The van der Waals surface area contributed by atoms with Crippen molar-refractivity contribution in [2.45, 2.75) is 26.2 Å². The average Bonchev–Trinajstić information content (AvgIpc) is 2.65. The summed E-state index contributed by atoms with van der Waals surface area (Å²) in [6.45, 7) is 2.50. The Morgan fingerprint density at radius 2 is 1.68 bits per heavy atom. The van der Waals surface area contributed by atoms with Crippen LogP contribution in [0.5, 0.6) is 0 Å². The molecule has 2 amide bonds. The number of benzene rings is 2. The Hall–Kier alpha value is -2.29. The molecule has 0 aromatic heterocycles. The van der Waals surface area contributed by atoms with Gasteiger partial charge >= 0.3 is 0 Å². The van der Waals surface area contributed by atoms with Crippen molar-refractivity contribution < 1.29 is 9.59 Å². The molecule has 0 heterocycles. The number of hydrogen-bond donors (Lipinski definition) is 4. The molecule has 0 aliphatic heterocycles. The Kier molecular flexibility index (Phi) is 8.56. The van der Waals surface area contributed by atoms with Crippen LogP contribution in [0, 0.1) is 6.92 Å². The van der Waals surface area contributed by atoms with Crippen LogP contribution >= 0.6 is 28.1 Å². The van der Waals surface area contributed by atoms with E-state index in [1.165, 1.54) is 0 Å². The summed E-state index contributed by atoms with van der Waals surface area (Å²) in [4.78, 5) is 24.1. The van der Waals surface area contributed by atoms with Crippen molar-refractivity contribution in [3.05, 3.63) is 58.1 Å². The first-order chi connectivity index (χ1) is 13.4. The molecule has 8 heteroatoms. The number of unbranched alkanes of at least 4 members (excludes halogenated alkanes) is 1. The summed E-state index contributed by atoms with van der Waals surface area (Å²) in [5, 5.41) is 8.64. The zero-order valence-electron chi connectivity index (χ0n) is 15.5. The second-order valence-corrected chi connectivity index (χ2v) is 7.51. The van der Waals surface area contributed by atoms with Crippen molar-refractivity contribution in [3.8, 4) is 0 Å². The molecule has 2 rings (SSSR count). The monoisotopic (exact) mass is 462 g/mol. The van der Waals surface area contributed by atoms with E-state index in [4.69, 9.17) is 18.0 Å². The van der Waals surface area contributed by atoms with Crippen molar-refractivity contribution in [3.63, 3.8) is 0 Å². The number of hydrogen-bond acceptors (Lipinski definition) is 4. The van der Waals surface area contributed by atoms with E-state index >= 15 is 0 Å². The molecule has 0 saturated carbocycles. The Bertz CT molecular complexity index is 856. The molecular weight excluding hydrogens is 440 g/mol. The second kappa shape index (κ2) is 10.9. The zero-order chi connectivity index (χ0) is 20.5. The third-order valence-corrected chi connectivity index (χ3v) is 5.03. The van der Waals surface area contributed by atoms with E-state index < -0.39 is 0 Å². The summed E-state index contributed by atoms with van der Waals surface area (Å²) in [6.07, 6.45) is 2.05. The van der Waals surface area contributed by atoms with Gasteiger partial charge in [0.25, 0.3) is 5.91 Å². The van der Waals surface area contributed by atoms with Gasteiger partial charge in [-0.2, -0.15) is 0 Å². The minimum atomic E-state index is -0.283. The summed E-state index contributed by atoms with van der Waals surface area (Å²) in [7, 11) is 0. The molecule has 0 spiro atoms. The Balaban J connectivity index is 1.85. The average molecular weight is 463 g/mol. The highest BCUT2D eigenvalue weighted by Gasteiger charge is 2.09. The first kappa shape index (κ1) is 22.0. The van der Waals surface area contributed by atoms with Crippen molar-refractivity contribution in [1.29, 1.82) is 0 Å². The lowest BCUT2D eigenvalue weighted by atomic mass is 10.1. The highest BCUT2D eigenvalue weighted by atomic mass is 79.9. The van der Waals surface area contributed by atoms with Crippen LogP contribution in [0.2, 0.25) is 0 Å². The van der Waals surface area contributed by atoms with Gasteiger partial charge in [-0.3, -0.25) is 14.9 Å². The van der Waals surface area contributed by atoms with Gasteiger partial charge in [0, 0.05) is 27.8 Å². The predicted molar refractivity (Wildman–Crippen MR) is 121 cm³/mol. The van der Waals surface area contributed by atoms with Gasteiger partial charge in [0.2, 0.25) is 5.91 Å². The topological polar surface area (TPSA) is 96.2 Å². The smallest absolute Gasteiger partial charge is 0.257 e. The van der Waals surface area contributed by atoms with Gasteiger partial charge in [-0.1, -0.05) is 15.9 Å². The lowest BCUT2D eigenvalue weighted by Gasteiger charge is -2.11. The Morgan fingerprint density at radius 3 is 2.29 bits per heavy atom. The third-order valence-electron chi connectivity index (χ3n) is 3.93. The molecule has 0 bridgehead atoms. The van der Waals surface area contributed by atoms with E-state index in [2.05, 4.69) is 31.9 Å². The van der Waals surface area contributed by atoms with Crippen LogP contribution in [0.1, 0.15) is 35.2 Å². The maximum Gasteiger partial charge on any atom is 0.257 e. The first-order valence-corrected chi connectivity index (χ1v) is 10.1. The molecule has 0 unspecified atom stereocenters. The summed E-state index contributed by atoms with van der Waals surface area (Å²) >= 11 is 8.61. The number of nitrogens with two attached hydrogens (primary N) is 1. The summed E-state index contributed by atoms with van der Waals surface area (Å²) < 4.78 is 0.941. The standard InChI is InChI=1S/C20H23BrN4O2S/c1-13-12-14(5-10-17(13)21)19(27)25-20(28)24-16-8-6-15(7-9-16)23-18(26)4-2-3-11-22/h5-10,12H,2-4,11,22H2,1H3,(H,23,26)(H2,24,25,27,28). The van der Waals surface area contributed by atoms with Crippen molar-refractivity contribution in [2.75, 3.05) is 17.2 Å². The molecular formula is C20H23BrN4O2S. The molecule has 0 radical (unpaired) electrons. The molecule has 0 aliphatic rings. The summed E-state index contributed by atoms with van der Waals surface area (Å²) in [6, 6.07) is 12.4. The Labute approximate surface area is 178 Å². The fourth-order valence-corrected chi connectivity index (χ4v) is 2.87. The minimum absolute atomic E-state index is 0.0401. The van der Waals surface area contributed by atoms with E-state index in [0.29, 0.717) is 29.9 Å². The molecule has 6 nitrogen and oxygen atoms in total. The van der Waals surface area contributed by atoms with Gasteiger partial charge in [-0.15, -0.1) is 0 Å². The third kappa shape index (κ3) is 7.03. The molecule has 0 fully saturated rings. The number of carbonyl (C=O) groups is 2. The SMILES string of the molecule is Cc1cc(C(=O)NC(=S)Nc2ccc(NC(=O)CCCCN)cc2)ccc1Br. The zero-order valence-corrected chi connectivity index (χ0v) is 18.0. The van der Waals surface area contributed by atoms with Crippen molar-refractivity contribution in [1.82, 2.24) is 5.32 Å². The molecule has 28 heavy (non-hydrogen) atoms. The van der Waals surface area contributed by atoms with Gasteiger partial charge in [0.15, 0.2) is 5.11 Å². The molecule has 2 aromatic rings. The normalized spacial score (nSPS) is 10.2. The molecule has 2 aromatic carbocycles. The summed E-state index contributed by atoms with van der Waals surface area (Å²) in [5.41, 5.74) is 8.32. The number of thiocarbonyl (C=S) groups is 1. The number of halogens is 1. The van der Waals surface area contributed by atoms with Crippen molar-refractivity contribution >= 4 is 56.4 Å². The number of anilines is 2. The first-order valence-electron chi connectivity index (χ1n) is 8.87. The predicted octanol–water partition coefficient (Wildman–Crippen LogP) is 3.95. The maximum absolute atomic E-state index is 12.3. The summed E-state index contributed by atoms with van der Waals surface area (Å²) in [5.74, 6) is -0.323. The van der Waals surface area contributed by atoms with E-state index in [9.17, 15) is 9.59 Å². The van der Waals surface area contributed by atoms with Crippen LogP contribution in [0.3, 0.4) is 0 Å². The largest absolute Gasteiger partial charge is 0.332 e. The highest BCUT2D eigenvalue weighted by Crippen LogP contribution is 2.17. The minimum Gasteiger partial charge on any atom is -0.332 e. The number of rotatable bonds is 7. The van der Waals surface area contributed by atoms with Gasteiger partial charge < -0.3 is 16.4 Å². The van der Waals surface area contributed by atoms with E-state index in [1.807, 2.05) is 13.0 Å². The quantitative estimate of drug-likeness (QED) is 0.368. The molecule has 148 valence electrons. The van der Waals surface area contributed by atoms with Gasteiger partial charge in [-0.25, -0.2) is 0 Å². The van der Waals surface area contributed by atoms with Crippen LogP contribution in [0.25, 0.3) is 0 Å². The van der Waals surface area contributed by atoms with Gasteiger partial charge in [-0.05, 0) is 86.6 Å². The number of aryl methyl sites for hydroxylation is 1. The number of carbonyl (C=O) groups excluding carboxylic acids is 2. The van der Waals surface area contributed by atoms with E-state index in [-0.39, 0.29) is 16.9 Å². The van der Waals surface area contributed by atoms with Crippen LogP contribution in [0.15, 0.2) is 46.9 Å². The van der Waals surface area contributed by atoms with Crippen LogP contribution in [-0.4, -0.2) is 23.5 Å². The van der Waals surface area contributed by atoms with Crippen LogP contribution in [0.4, 0.5) is 11.4 Å². The van der Waals surface area contributed by atoms with Crippen molar-refractivity contribution in [2.24, 2.45) is 5.73 Å². The van der Waals surface area contributed by atoms with Crippen LogP contribution in [-0.2, 0) is 4.79 Å². The van der Waals surface area contributed by atoms with Gasteiger partial charge in [0.1, 0.15) is 0 Å². The lowest BCUT2D eigenvalue weighted by Crippen LogP contribution is -2.34. The molecule has 0 aliphatic carbocycles. The number of amides is 2. The lowest BCUT2D eigenvalue weighted by molar-refractivity contribution is -0.116. The number of nitrogens with one attached hydrogen (secondary N) is 3. The van der Waals surface area contributed by atoms with Gasteiger partial charge in [0.05, 0.1) is 0 Å². The van der Waals surface area contributed by atoms with E-state index in [0.717, 1.165) is 22.9 Å². The fourth-order valence-electron chi connectivity index (χ4n) is 2.41.